The van der Waals surface area contributed by atoms with Crippen LogP contribution in [-0.4, -0.2) is 24.4 Å². The molecule has 18 heavy (non-hydrogen) atoms. The average Bonchev–Trinajstić information content (AvgIpc) is 2.45. The van der Waals surface area contributed by atoms with Crippen molar-refractivity contribution in [2.75, 3.05) is 13.2 Å². The minimum atomic E-state index is 0.334. The van der Waals surface area contributed by atoms with Gasteiger partial charge in [-0.3, -0.25) is 0 Å². The molecule has 98 valence electrons. The Kier molecular flexibility index (Phi) is 5.43. The number of ether oxygens (including phenoxy) is 1. The van der Waals surface area contributed by atoms with E-state index in [-0.39, 0.29) is 0 Å². The number of hydrogen-bond donors (Lipinski definition) is 1. The molecule has 2 rings (SSSR count). The molecule has 0 spiro atoms. The molecule has 1 aromatic carbocycles. The summed E-state index contributed by atoms with van der Waals surface area (Å²) < 4.78 is 5.83. The summed E-state index contributed by atoms with van der Waals surface area (Å²) in [6.07, 6.45) is 8.93. The van der Waals surface area contributed by atoms with E-state index in [1.54, 1.807) is 0 Å². The van der Waals surface area contributed by atoms with Crippen molar-refractivity contribution < 1.29 is 9.84 Å². The van der Waals surface area contributed by atoms with Crippen molar-refractivity contribution in [1.82, 2.24) is 0 Å². The van der Waals surface area contributed by atoms with Crippen LogP contribution in [0.5, 0.6) is 0 Å². The standard InChI is InChI=1S/C16H22O2/c17-13-15-8-10-16(11-9-15)18-12-4-7-14-5-2-1-3-6-14/h1-7,15-17H,8-13H2/b7-4+. The lowest BCUT2D eigenvalue weighted by molar-refractivity contribution is 0.0265. The molecule has 0 heterocycles. The van der Waals surface area contributed by atoms with E-state index in [9.17, 15) is 0 Å². The topological polar surface area (TPSA) is 29.5 Å². The van der Waals surface area contributed by atoms with Gasteiger partial charge in [-0.25, -0.2) is 0 Å². The van der Waals surface area contributed by atoms with Gasteiger partial charge in [-0.1, -0.05) is 42.5 Å². The van der Waals surface area contributed by atoms with E-state index < -0.39 is 0 Å². The predicted molar refractivity (Wildman–Crippen MR) is 74.3 cm³/mol. The van der Waals surface area contributed by atoms with Crippen molar-refractivity contribution in [1.29, 1.82) is 0 Å². The van der Waals surface area contributed by atoms with Gasteiger partial charge >= 0.3 is 0 Å². The summed E-state index contributed by atoms with van der Waals surface area (Å²) in [5, 5.41) is 9.07. The van der Waals surface area contributed by atoms with Gasteiger partial charge in [0.1, 0.15) is 0 Å². The minimum Gasteiger partial charge on any atom is -0.396 e. The zero-order chi connectivity index (χ0) is 12.6. The second-order valence-corrected chi connectivity index (χ2v) is 4.97. The van der Waals surface area contributed by atoms with Gasteiger partial charge in [0, 0.05) is 6.61 Å². The summed E-state index contributed by atoms with van der Waals surface area (Å²) in [4.78, 5) is 0. The van der Waals surface area contributed by atoms with Crippen molar-refractivity contribution in [2.24, 2.45) is 5.92 Å². The van der Waals surface area contributed by atoms with E-state index in [0.29, 0.717) is 25.2 Å². The zero-order valence-corrected chi connectivity index (χ0v) is 10.8. The summed E-state index contributed by atoms with van der Waals surface area (Å²) in [6.45, 7) is 1.02. The molecule has 0 saturated heterocycles. The number of aliphatic hydroxyl groups excluding tert-OH is 1. The molecule has 0 unspecified atom stereocenters. The van der Waals surface area contributed by atoms with Crippen molar-refractivity contribution in [2.45, 2.75) is 31.8 Å². The van der Waals surface area contributed by atoms with Gasteiger partial charge in [0.25, 0.3) is 0 Å². The lowest BCUT2D eigenvalue weighted by Gasteiger charge is -2.26. The van der Waals surface area contributed by atoms with Gasteiger partial charge in [-0.15, -0.1) is 0 Å². The summed E-state index contributed by atoms with van der Waals surface area (Å²) >= 11 is 0. The fraction of sp³-hybridized carbons (Fsp3) is 0.500. The van der Waals surface area contributed by atoms with Gasteiger partial charge in [-0.2, -0.15) is 0 Å². The zero-order valence-electron chi connectivity index (χ0n) is 10.8. The number of aliphatic hydroxyl groups is 1. The van der Waals surface area contributed by atoms with E-state index in [0.717, 1.165) is 25.7 Å². The van der Waals surface area contributed by atoms with Crippen molar-refractivity contribution in [3.05, 3.63) is 42.0 Å². The SMILES string of the molecule is OCC1CCC(OC/C=C/c2ccccc2)CC1. The highest BCUT2D eigenvalue weighted by Crippen LogP contribution is 2.25. The maximum atomic E-state index is 9.07. The molecule has 1 saturated carbocycles. The van der Waals surface area contributed by atoms with Gasteiger partial charge < -0.3 is 9.84 Å². The van der Waals surface area contributed by atoms with Crippen LogP contribution in [0.2, 0.25) is 0 Å². The van der Waals surface area contributed by atoms with Crippen LogP contribution in [0.15, 0.2) is 36.4 Å². The van der Waals surface area contributed by atoms with E-state index in [1.165, 1.54) is 5.56 Å². The van der Waals surface area contributed by atoms with Crippen molar-refractivity contribution >= 4 is 6.08 Å². The van der Waals surface area contributed by atoms with Gasteiger partial charge in [0.15, 0.2) is 0 Å². The molecule has 1 aromatic rings. The summed E-state index contributed by atoms with van der Waals surface area (Å²) in [7, 11) is 0. The van der Waals surface area contributed by atoms with Crippen LogP contribution in [0.1, 0.15) is 31.2 Å². The molecule has 0 aliphatic heterocycles. The van der Waals surface area contributed by atoms with E-state index >= 15 is 0 Å². The summed E-state index contributed by atoms with van der Waals surface area (Å²) in [5.41, 5.74) is 1.21. The molecule has 0 aromatic heterocycles. The van der Waals surface area contributed by atoms with Gasteiger partial charge in [-0.05, 0) is 37.2 Å². The molecule has 0 amide bonds. The van der Waals surface area contributed by atoms with E-state index in [4.69, 9.17) is 9.84 Å². The Balaban J connectivity index is 1.66. The Hall–Kier alpha value is -1.12. The van der Waals surface area contributed by atoms with E-state index in [1.807, 2.05) is 18.2 Å². The smallest absolute Gasteiger partial charge is 0.0654 e. The molecule has 0 radical (unpaired) electrons. The quantitative estimate of drug-likeness (QED) is 0.864. The molecular weight excluding hydrogens is 224 g/mol. The third-order valence-corrected chi connectivity index (χ3v) is 3.59. The molecule has 2 heteroatoms. The fourth-order valence-corrected chi connectivity index (χ4v) is 2.42. The van der Waals surface area contributed by atoms with Crippen molar-refractivity contribution in [3.8, 4) is 0 Å². The maximum absolute atomic E-state index is 9.07. The Morgan fingerprint density at radius 3 is 2.50 bits per heavy atom. The van der Waals surface area contributed by atoms with E-state index in [2.05, 4.69) is 24.3 Å². The first-order valence-corrected chi connectivity index (χ1v) is 6.82. The first kappa shape index (κ1) is 13.3. The van der Waals surface area contributed by atoms with Crippen LogP contribution in [0.25, 0.3) is 6.08 Å². The summed E-state index contributed by atoms with van der Waals surface area (Å²) in [6, 6.07) is 10.3. The van der Waals surface area contributed by atoms with Crippen LogP contribution in [0, 0.1) is 5.92 Å². The van der Waals surface area contributed by atoms with Gasteiger partial charge in [0.05, 0.1) is 12.7 Å². The number of rotatable bonds is 5. The second-order valence-electron chi connectivity index (χ2n) is 4.97. The number of benzene rings is 1. The summed E-state index contributed by atoms with van der Waals surface area (Å²) in [5.74, 6) is 0.504. The number of hydrogen-bond acceptors (Lipinski definition) is 2. The highest BCUT2D eigenvalue weighted by atomic mass is 16.5. The van der Waals surface area contributed by atoms with Crippen LogP contribution in [0.3, 0.4) is 0 Å². The normalized spacial score (nSPS) is 24.5. The van der Waals surface area contributed by atoms with Crippen LogP contribution in [-0.2, 0) is 4.74 Å². The Morgan fingerprint density at radius 2 is 1.83 bits per heavy atom. The Labute approximate surface area is 109 Å². The molecule has 1 aliphatic rings. The highest BCUT2D eigenvalue weighted by Gasteiger charge is 2.20. The molecule has 1 N–H and O–H groups in total. The first-order chi connectivity index (χ1) is 8.88. The largest absolute Gasteiger partial charge is 0.396 e. The highest BCUT2D eigenvalue weighted by molar-refractivity contribution is 5.48. The average molecular weight is 246 g/mol. The maximum Gasteiger partial charge on any atom is 0.0654 e. The van der Waals surface area contributed by atoms with Crippen LogP contribution >= 0.6 is 0 Å². The molecule has 1 aliphatic carbocycles. The molecule has 1 fully saturated rings. The second kappa shape index (κ2) is 7.34. The Bertz CT molecular complexity index is 351. The lowest BCUT2D eigenvalue weighted by Crippen LogP contribution is -2.23. The van der Waals surface area contributed by atoms with Crippen LogP contribution in [0.4, 0.5) is 0 Å². The minimum absolute atomic E-state index is 0.334. The molecule has 2 nitrogen and oxygen atoms in total. The third kappa shape index (κ3) is 4.28. The predicted octanol–water partition coefficient (Wildman–Crippen LogP) is 3.27. The fourth-order valence-electron chi connectivity index (χ4n) is 2.42. The third-order valence-electron chi connectivity index (χ3n) is 3.59. The van der Waals surface area contributed by atoms with Crippen molar-refractivity contribution in [3.63, 3.8) is 0 Å². The van der Waals surface area contributed by atoms with Gasteiger partial charge in [0.2, 0.25) is 0 Å². The molecule has 0 bridgehead atoms. The molecular formula is C16H22O2. The monoisotopic (exact) mass is 246 g/mol. The Morgan fingerprint density at radius 1 is 1.11 bits per heavy atom. The molecule has 0 atom stereocenters. The lowest BCUT2D eigenvalue weighted by atomic mass is 9.88. The van der Waals surface area contributed by atoms with Crippen LogP contribution < -0.4 is 0 Å². The first-order valence-electron chi connectivity index (χ1n) is 6.82.